The van der Waals surface area contributed by atoms with Crippen LogP contribution in [0.2, 0.25) is 0 Å². The van der Waals surface area contributed by atoms with E-state index in [0.29, 0.717) is 39.6 Å². The molecule has 0 bridgehead atoms. The molecule has 0 spiro atoms. The van der Waals surface area contributed by atoms with Crippen LogP contribution in [0.3, 0.4) is 0 Å². The van der Waals surface area contributed by atoms with Gasteiger partial charge in [-0.1, -0.05) is 55.0 Å². The summed E-state index contributed by atoms with van der Waals surface area (Å²) in [4.78, 5) is 31.1. The SMILES string of the molecule is Cc1nc(=S)c(/C(N)=C/C(N)=O)c(-c2cccc(NC(=O)Nc3ccc(C(F)(P)P)cc3)c2)[nH]1. The Hall–Kier alpha value is -3.19. The van der Waals surface area contributed by atoms with E-state index in [1.54, 1.807) is 55.5 Å². The van der Waals surface area contributed by atoms with Gasteiger partial charge in [0.05, 0.1) is 11.3 Å². The molecule has 3 rings (SSSR count). The van der Waals surface area contributed by atoms with Crippen LogP contribution in [0.4, 0.5) is 20.6 Å². The smallest absolute Gasteiger partial charge is 0.323 e. The summed E-state index contributed by atoms with van der Waals surface area (Å²) >= 11 is 5.35. The number of H-pyrrole nitrogens is 1. The minimum absolute atomic E-state index is 0.0732. The first kappa shape index (κ1) is 25.4. The molecule has 8 nitrogen and oxygen atoms in total. The van der Waals surface area contributed by atoms with Crippen molar-refractivity contribution >= 4 is 59.7 Å². The Balaban J connectivity index is 1.86. The van der Waals surface area contributed by atoms with Crippen molar-refractivity contribution in [3.05, 3.63) is 76.2 Å². The molecule has 0 radical (unpaired) electrons. The van der Waals surface area contributed by atoms with Crippen LogP contribution < -0.4 is 22.1 Å². The summed E-state index contributed by atoms with van der Waals surface area (Å²) in [6.45, 7) is 1.74. The molecule has 0 aliphatic heterocycles. The Morgan fingerprint density at radius 1 is 1.12 bits per heavy atom. The number of carbonyl (C=O) groups excluding carboxylic acids is 2. The number of nitrogens with zero attached hydrogens (tertiary/aromatic N) is 1. The first-order valence-electron chi connectivity index (χ1n) is 9.87. The van der Waals surface area contributed by atoms with Gasteiger partial charge in [-0.05, 0) is 36.8 Å². The molecule has 34 heavy (non-hydrogen) atoms. The molecule has 2 atom stereocenters. The average molecular weight is 516 g/mol. The van der Waals surface area contributed by atoms with Crippen molar-refractivity contribution in [1.29, 1.82) is 0 Å². The number of nitrogens with two attached hydrogens (primary N) is 2. The molecule has 0 fully saturated rings. The summed E-state index contributed by atoms with van der Waals surface area (Å²) in [6, 6.07) is 12.8. The second kappa shape index (κ2) is 10.4. The first-order valence-corrected chi connectivity index (χ1v) is 11.4. The van der Waals surface area contributed by atoms with E-state index in [1.807, 2.05) is 0 Å². The lowest BCUT2D eigenvalue weighted by atomic mass is 10.0. The van der Waals surface area contributed by atoms with E-state index in [4.69, 9.17) is 23.7 Å². The maximum Gasteiger partial charge on any atom is 0.323 e. The minimum atomic E-state index is -1.64. The van der Waals surface area contributed by atoms with Gasteiger partial charge in [-0.3, -0.25) is 4.79 Å². The number of hydrogen-bond donors (Lipinski definition) is 5. The number of amides is 3. The summed E-state index contributed by atoms with van der Waals surface area (Å²) in [5.41, 5.74) is 14.3. The van der Waals surface area contributed by atoms with Crippen LogP contribution in [-0.2, 0) is 9.95 Å². The highest BCUT2D eigenvalue weighted by atomic mass is 32.1. The van der Waals surface area contributed by atoms with Crippen LogP contribution >= 0.6 is 30.7 Å². The van der Waals surface area contributed by atoms with Crippen molar-refractivity contribution in [2.24, 2.45) is 11.5 Å². The fourth-order valence-electron chi connectivity index (χ4n) is 3.15. The van der Waals surface area contributed by atoms with E-state index in [2.05, 4.69) is 39.1 Å². The number of anilines is 2. The molecule has 0 aliphatic carbocycles. The molecule has 0 saturated heterocycles. The van der Waals surface area contributed by atoms with E-state index >= 15 is 0 Å². The second-order valence-corrected chi connectivity index (χ2v) is 10.1. The lowest BCUT2D eigenvalue weighted by Crippen LogP contribution is -2.19. The number of benzene rings is 2. The molecule has 3 aromatic rings. The van der Waals surface area contributed by atoms with Crippen LogP contribution in [0.1, 0.15) is 17.0 Å². The summed E-state index contributed by atoms with van der Waals surface area (Å²) in [7, 11) is 4.18. The Morgan fingerprint density at radius 2 is 1.76 bits per heavy atom. The maximum absolute atomic E-state index is 14.0. The van der Waals surface area contributed by atoms with Gasteiger partial charge in [0.15, 0.2) is 5.15 Å². The molecular formula is C22H23FN6O2P2S. The molecule has 0 aliphatic rings. The van der Waals surface area contributed by atoms with E-state index < -0.39 is 17.1 Å². The molecule has 12 heteroatoms. The van der Waals surface area contributed by atoms with E-state index in [9.17, 15) is 14.0 Å². The fraction of sp³-hybridized carbons (Fsp3) is 0.0909. The zero-order valence-electron chi connectivity index (χ0n) is 18.1. The molecule has 0 saturated carbocycles. The van der Waals surface area contributed by atoms with Gasteiger partial charge in [0.25, 0.3) is 0 Å². The molecule has 2 aromatic carbocycles. The van der Waals surface area contributed by atoms with Crippen molar-refractivity contribution < 1.29 is 14.0 Å². The van der Waals surface area contributed by atoms with Crippen LogP contribution in [0.5, 0.6) is 0 Å². The largest absolute Gasteiger partial charge is 0.398 e. The van der Waals surface area contributed by atoms with E-state index in [1.165, 1.54) is 0 Å². The zero-order chi connectivity index (χ0) is 25.0. The van der Waals surface area contributed by atoms with Crippen molar-refractivity contribution in [2.75, 3.05) is 10.6 Å². The Labute approximate surface area is 205 Å². The number of urea groups is 1. The number of aryl methyl sites for hydroxylation is 1. The number of nitrogens with one attached hydrogen (secondary N) is 3. The van der Waals surface area contributed by atoms with Crippen LogP contribution in [0.15, 0.2) is 54.6 Å². The van der Waals surface area contributed by atoms with Gasteiger partial charge in [0.2, 0.25) is 5.91 Å². The third-order valence-corrected chi connectivity index (χ3v) is 5.58. The maximum atomic E-state index is 14.0. The van der Waals surface area contributed by atoms with Crippen molar-refractivity contribution in [2.45, 2.75) is 12.1 Å². The highest BCUT2D eigenvalue weighted by molar-refractivity contribution is 7.71. The Kier molecular flexibility index (Phi) is 7.77. The fourth-order valence-corrected chi connectivity index (χ4v) is 3.89. The predicted octanol–water partition coefficient (Wildman–Crippen LogP) is 4.37. The zero-order valence-corrected chi connectivity index (χ0v) is 21.2. The topological polar surface area (TPSA) is 139 Å². The lowest BCUT2D eigenvalue weighted by Gasteiger charge is -2.15. The van der Waals surface area contributed by atoms with Gasteiger partial charge in [0, 0.05) is 28.7 Å². The lowest BCUT2D eigenvalue weighted by molar-refractivity contribution is -0.113. The Morgan fingerprint density at radius 3 is 2.38 bits per heavy atom. The van der Waals surface area contributed by atoms with Crippen molar-refractivity contribution in [3.63, 3.8) is 0 Å². The summed E-state index contributed by atoms with van der Waals surface area (Å²) in [5.74, 6) is -0.172. The van der Waals surface area contributed by atoms with Crippen molar-refractivity contribution in [1.82, 2.24) is 9.97 Å². The number of aromatic nitrogens is 2. The van der Waals surface area contributed by atoms with E-state index in [-0.39, 0.29) is 10.3 Å². The molecule has 7 N–H and O–H groups in total. The number of aromatic amines is 1. The van der Waals surface area contributed by atoms with Gasteiger partial charge < -0.3 is 27.1 Å². The third kappa shape index (κ3) is 6.44. The van der Waals surface area contributed by atoms with Gasteiger partial charge in [-0.2, -0.15) is 0 Å². The molecular weight excluding hydrogens is 493 g/mol. The molecule has 3 amide bonds. The Bertz CT molecular complexity index is 1340. The highest BCUT2D eigenvalue weighted by Crippen LogP contribution is 2.40. The summed E-state index contributed by atoms with van der Waals surface area (Å²) in [6.07, 6.45) is 1.07. The van der Waals surface area contributed by atoms with Gasteiger partial charge in [0.1, 0.15) is 10.5 Å². The standard InChI is InChI=1S/C22H23FN6O2P2S/c1-11-26-19(18(20(34)27-11)16(24)10-17(25)30)12-3-2-4-15(9-12)29-21(31)28-14-7-5-13(6-8-14)22(23,32)33/h2-10H,24,32-33H2,1H3,(H2,25,30)(H,26,27,34)(H2,28,29,31)/b16-10-. The normalized spacial score (nSPS) is 11.7. The number of carbonyl (C=O) groups is 2. The molecule has 1 aromatic heterocycles. The number of primary amides is 1. The number of halogens is 1. The molecule has 2 unspecified atom stereocenters. The monoisotopic (exact) mass is 516 g/mol. The quantitative estimate of drug-likeness (QED) is 0.188. The predicted molar refractivity (Wildman–Crippen MR) is 142 cm³/mol. The van der Waals surface area contributed by atoms with Crippen LogP contribution in [-0.4, -0.2) is 21.9 Å². The second-order valence-electron chi connectivity index (χ2n) is 7.38. The average Bonchev–Trinajstić information content (AvgIpc) is 2.72. The van der Waals surface area contributed by atoms with Crippen LogP contribution in [0, 0.1) is 11.6 Å². The van der Waals surface area contributed by atoms with Gasteiger partial charge >= 0.3 is 6.03 Å². The number of alkyl halides is 1. The highest BCUT2D eigenvalue weighted by Gasteiger charge is 2.19. The summed E-state index contributed by atoms with van der Waals surface area (Å²) in [5, 5.41) is 3.81. The van der Waals surface area contributed by atoms with Crippen molar-refractivity contribution in [3.8, 4) is 11.3 Å². The molecule has 1 heterocycles. The molecule has 176 valence electrons. The van der Waals surface area contributed by atoms with Gasteiger partial charge in [-0.25, -0.2) is 14.2 Å². The first-order chi connectivity index (χ1) is 15.9. The van der Waals surface area contributed by atoms with E-state index in [0.717, 1.165) is 6.08 Å². The third-order valence-electron chi connectivity index (χ3n) is 4.62. The summed E-state index contributed by atoms with van der Waals surface area (Å²) < 4.78 is 14.2. The number of hydrogen-bond acceptors (Lipinski definition) is 5. The number of rotatable bonds is 6. The van der Waals surface area contributed by atoms with Crippen LogP contribution in [0.25, 0.3) is 17.0 Å². The van der Waals surface area contributed by atoms with Gasteiger partial charge in [-0.15, -0.1) is 0 Å². The minimum Gasteiger partial charge on any atom is -0.398 e.